The lowest BCUT2D eigenvalue weighted by molar-refractivity contribution is -0.140. The summed E-state index contributed by atoms with van der Waals surface area (Å²) in [4.78, 5) is 11.4. The number of aryl methyl sites for hydroxylation is 3. The number of methoxy groups -OCH3 is 1. The zero-order valence-corrected chi connectivity index (χ0v) is 16.7. The van der Waals surface area contributed by atoms with Crippen LogP contribution >= 0.6 is 0 Å². The van der Waals surface area contributed by atoms with Gasteiger partial charge < -0.3 is 4.74 Å². The van der Waals surface area contributed by atoms with Crippen molar-refractivity contribution in [3.63, 3.8) is 0 Å². The van der Waals surface area contributed by atoms with Crippen LogP contribution in [0.4, 0.5) is 0 Å². The minimum Gasteiger partial charge on any atom is -0.469 e. The smallest absolute Gasteiger partial charge is 0.305 e. The van der Waals surface area contributed by atoms with Crippen molar-refractivity contribution in [3.8, 4) is 0 Å². The van der Waals surface area contributed by atoms with Crippen molar-refractivity contribution in [2.24, 2.45) is 0 Å². The molecule has 0 unspecified atom stereocenters. The first-order valence-electron chi connectivity index (χ1n) is 9.69. The molecule has 0 heterocycles. The average Bonchev–Trinajstić information content (AvgIpc) is 2.65. The van der Waals surface area contributed by atoms with Crippen molar-refractivity contribution in [2.75, 3.05) is 7.11 Å². The van der Waals surface area contributed by atoms with Crippen molar-refractivity contribution in [2.45, 2.75) is 64.7 Å². The number of rotatable bonds is 9. The number of esters is 1. The number of ether oxygens (including phenoxy) is 1. The predicted octanol–water partition coefficient (Wildman–Crippen LogP) is 5.66. The monoisotopic (exact) mass is 352 g/mol. The summed E-state index contributed by atoms with van der Waals surface area (Å²) in [6.45, 7) is 6.92. The Kier molecular flexibility index (Phi) is 7.44. The van der Waals surface area contributed by atoms with Gasteiger partial charge in [-0.25, -0.2) is 0 Å². The highest BCUT2D eigenvalue weighted by Crippen LogP contribution is 2.32. The Morgan fingerprint density at radius 1 is 0.962 bits per heavy atom. The zero-order valence-electron chi connectivity index (χ0n) is 16.7. The lowest BCUT2D eigenvalue weighted by atomic mass is 9.76. The molecule has 26 heavy (non-hydrogen) atoms. The van der Waals surface area contributed by atoms with Crippen LogP contribution in [-0.2, 0) is 34.2 Å². The van der Waals surface area contributed by atoms with Gasteiger partial charge in [0.25, 0.3) is 0 Å². The van der Waals surface area contributed by atoms with Gasteiger partial charge in [-0.05, 0) is 53.4 Å². The van der Waals surface area contributed by atoms with Crippen LogP contribution in [0.3, 0.4) is 0 Å². The third-order valence-electron chi connectivity index (χ3n) is 5.15. The molecule has 2 heteroatoms. The molecule has 0 saturated heterocycles. The van der Waals surface area contributed by atoms with Crippen molar-refractivity contribution in [1.82, 2.24) is 0 Å². The fourth-order valence-electron chi connectivity index (χ4n) is 3.52. The molecule has 2 aromatic rings. The van der Waals surface area contributed by atoms with E-state index in [2.05, 4.69) is 69.3 Å². The number of carbonyl (C=O) groups excluding carboxylic acids is 1. The Labute approximate surface area is 158 Å². The zero-order chi connectivity index (χ0) is 19.0. The lowest BCUT2D eigenvalue weighted by Crippen LogP contribution is -2.20. The predicted molar refractivity (Wildman–Crippen MR) is 109 cm³/mol. The molecule has 0 bridgehead atoms. The third kappa shape index (κ3) is 5.72. The first kappa shape index (κ1) is 20.2. The molecule has 2 nitrogen and oxygen atoms in total. The Hall–Kier alpha value is -2.09. The van der Waals surface area contributed by atoms with E-state index < -0.39 is 0 Å². The van der Waals surface area contributed by atoms with Crippen LogP contribution < -0.4 is 0 Å². The molecule has 140 valence electrons. The highest BCUT2D eigenvalue weighted by atomic mass is 16.5. The molecule has 0 aliphatic carbocycles. The second-order valence-electron chi connectivity index (χ2n) is 7.69. The molecule has 2 rings (SSSR count). The van der Waals surface area contributed by atoms with E-state index in [0.717, 1.165) is 32.1 Å². The van der Waals surface area contributed by atoms with Crippen LogP contribution in [-0.4, -0.2) is 13.1 Å². The Morgan fingerprint density at radius 3 is 2.35 bits per heavy atom. The molecule has 0 amide bonds. The van der Waals surface area contributed by atoms with Gasteiger partial charge in [0.15, 0.2) is 0 Å². The molecule has 0 aromatic heterocycles. The number of hydrogen-bond acceptors (Lipinski definition) is 2. The van der Waals surface area contributed by atoms with Crippen LogP contribution in [0.25, 0.3) is 0 Å². The molecule has 0 atom stereocenters. The molecule has 0 radical (unpaired) electrons. The summed E-state index contributed by atoms with van der Waals surface area (Å²) in [5.74, 6) is -0.144. The molecular weight excluding hydrogens is 320 g/mol. The third-order valence-corrected chi connectivity index (χ3v) is 5.15. The van der Waals surface area contributed by atoms with Gasteiger partial charge in [-0.1, -0.05) is 75.7 Å². The van der Waals surface area contributed by atoms with Gasteiger partial charge in [0, 0.05) is 6.42 Å². The molecule has 0 fully saturated rings. The van der Waals surface area contributed by atoms with E-state index in [1.165, 1.54) is 29.4 Å². The van der Waals surface area contributed by atoms with Gasteiger partial charge in [-0.2, -0.15) is 0 Å². The molecule has 2 aromatic carbocycles. The lowest BCUT2D eigenvalue weighted by Gasteiger charge is -2.29. The average molecular weight is 353 g/mol. The fourth-order valence-corrected chi connectivity index (χ4v) is 3.52. The van der Waals surface area contributed by atoms with E-state index in [1.807, 2.05) is 0 Å². The standard InChI is InChI=1S/C24H32O2/c1-5-9-21-18-20(13-15-23(25)26-4)12-14-22(21)24(2,3)17-16-19-10-7-6-8-11-19/h6-8,10-12,14,18H,5,9,13,15-17H2,1-4H3. The SMILES string of the molecule is CCCc1cc(CCC(=O)OC)ccc1C(C)(C)CCc1ccccc1. The summed E-state index contributed by atoms with van der Waals surface area (Å²) in [6, 6.07) is 17.5. The number of benzene rings is 2. The summed E-state index contributed by atoms with van der Waals surface area (Å²) in [6.07, 6.45) is 5.60. The second kappa shape index (κ2) is 9.56. The Bertz CT molecular complexity index is 701. The van der Waals surface area contributed by atoms with Gasteiger partial charge >= 0.3 is 5.97 Å². The van der Waals surface area contributed by atoms with E-state index in [1.54, 1.807) is 0 Å². The van der Waals surface area contributed by atoms with Crippen molar-refractivity contribution in [3.05, 3.63) is 70.8 Å². The Morgan fingerprint density at radius 2 is 1.69 bits per heavy atom. The fraction of sp³-hybridized carbons (Fsp3) is 0.458. The normalized spacial score (nSPS) is 11.4. The van der Waals surface area contributed by atoms with Gasteiger partial charge in [-0.15, -0.1) is 0 Å². The van der Waals surface area contributed by atoms with Crippen LogP contribution in [0.1, 0.15) is 62.3 Å². The van der Waals surface area contributed by atoms with Gasteiger partial charge in [0.1, 0.15) is 0 Å². The van der Waals surface area contributed by atoms with E-state index in [9.17, 15) is 4.79 Å². The topological polar surface area (TPSA) is 26.3 Å². The van der Waals surface area contributed by atoms with E-state index in [-0.39, 0.29) is 11.4 Å². The first-order chi connectivity index (χ1) is 12.5. The van der Waals surface area contributed by atoms with Gasteiger partial charge in [0.05, 0.1) is 7.11 Å². The van der Waals surface area contributed by atoms with Crippen LogP contribution in [0.2, 0.25) is 0 Å². The highest BCUT2D eigenvalue weighted by molar-refractivity contribution is 5.69. The maximum atomic E-state index is 11.4. The quantitative estimate of drug-likeness (QED) is 0.545. The van der Waals surface area contributed by atoms with Crippen LogP contribution in [0, 0.1) is 0 Å². The number of carbonyl (C=O) groups is 1. The molecule has 0 saturated carbocycles. The molecule has 0 aliphatic rings. The van der Waals surface area contributed by atoms with E-state index in [4.69, 9.17) is 4.74 Å². The summed E-state index contributed by atoms with van der Waals surface area (Å²) in [7, 11) is 1.45. The maximum Gasteiger partial charge on any atom is 0.305 e. The summed E-state index contributed by atoms with van der Waals surface area (Å²) in [5.41, 5.74) is 5.61. The Balaban J connectivity index is 2.15. The first-order valence-corrected chi connectivity index (χ1v) is 9.69. The van der Waals surface area contributed by atoms with Gasteiger partial charge in [0.2, 0.25) is 0 Å². The summed E-state index contributed by atoms with van der Waals surface area (Å²) < 4.78 is 4.76. The molecule has 0 aliphatic heterocycles. The van der Waals surface area contributed by atoms with Crippen molar-refractivity contribution >= 4 is 5.97 Å². The van der Waals surface area contributed by atoms with Gasteiger partial charge in [-0.3, -0.25) is 4.79 Å². The maximum absolute atomic E-state index is 11.4. The summed E-state index contributed by atoms with van der Waals surface area (Å²) in [5, 5.41) is 0. The minimum absolute atomic E-state index is 0.126. The largest absolute Gasteiger partial charge is 0.469 e. The molecular formula is C24H32O2. The number of hydrogen-bond donors (Lipinski definition) is 0. The van der Waals surface area contributed by atoms with Crippen molar-refractivity contribution < 1.29 is 9.53 Å². The summed E-state index contributed by atoms with van der Waals surface area (Å²) >= 11 is 0. The minimum atomic E-state index is -0.144. The van der Waals surface area contributed by atoms with Crippen LogP contribution in [0.5, 0.6) is 0 Å². The molecule has 0 N–H and O–H groups in total. The highest BCUT2D eigenvalue weighted by Gasteiger charge is 2.23. The van der Waals surface area contributed by atoms with Crippen LogP contribution in [0.15, 0.2) is 48.5 Å². The molecule has 0 spiro atoms. The van der Waals surface area contributed by atoms with E-state index >= 15 is 0 Å². The van der Waals surface area contributed by atoms with E-state index in [0.29, 0.717) is 6.42 Å². The second-order valence-corrected chi connectivity index (χ2v) is 7.69. The van der Waals surface area contributed by atoms with Crippen molar-refractivity contribution in [1.29, 1.82) is 0 Å².